The Morgan fingerprint density at radius 3 is 1.91 bits per heavy atom. The fraction of sp³-hybridized carbons (Fsp3) is 0.625. The number of halogens is 3. The number of alkyl halides is 3. The molecule has 0 fully saturated rings. The molecule has 6 heteroatoms. The van der Waals surface area contributed by atoms with Crippen LogP contribution in [-0.2, 0) is 0 Å². The average molecular weight is 320 g/mol. The Hall–Kier alpha value is -1.43. The van der Waals surface area contributed by atoms with E-state index in [-0.39, 0.29) is 23.1 Å². The Balaban J connectivity index is 3.02. The summed E-state index contributed by atoms with van der Waals surface area (Å²) in [5.41, 5.74) is -0.261. The molecule has 0 aliphatic heterocycles. The molecule has 3 nitrogen and oxygen atoms in total. The molecule has 0 aliphatic rings. The molecule has 1 unspecified atom stereocenters. The van der Waals surface area contributed by atoms with Crippen molar-refractivity contribution in [1.29, 1.82) is 0 Å². The van der Waals surface area contributed by atoms with E-state index in [4.69, 9.17) is 9.47 Å². The molecule has 0 spiro atoms. The number of hydrogen-bond donors (Lipinski definition) is 1. The largest absolute Gasteiger partial charge is 0.489 e. The standard InChI is InChI=1S/C16H23F3O3/c1-10(2)8-21-13-6-5-12(15(20)16(17,18)19)7-14(13)22-9-11(3)4/h5-7,10-11,15,20H,8-9H2,1-4H3. The van der Waals surface area contributed by atoms with Gasteiger partial charge in [-0.15, -0.1) is 0 Å². The van der Waals surface area contributed by atoms with Gasteiger partial charge in [0.1, 0.15) is 0 Å². The summed E-state index contributed by atoms with van der Waals surface area (Å²) in [5.74, 6) is 1.09. The highest BCUT2D eigenvalue weighted by Crippen LogP contribution is 2.37. The molecule has 0 saturated heterocycles. The van der Waals surface area contributed by atoms with Gasteiger partial charge in [-0.2, -0.15) is 13.2 Å². The molecule has 0 saturated carbocycles. The summed E-state index contributed by atoms with van der Waals surface area (Å²) in [7, 11) is 0. The van der Waals surface area contributed by atoms with E-state index in [9.17, 15) is 18.3 Å². The van der Waals surface area contributed by atoms with Gasteiger partial charge in [-0.3, -0.25) is 0 Å². The van der Waals surface area contributed by atoms with Gasteiger partial charge in [-0.1, -0.05) is 33.8 Å². The number of ether oxygens (including phenoxy) is 2. The van der Waals surface area contributed by atoms with Crippen molar-refractivity contribution in [2.75, 3.05) is 13.2 Å². The van der Waals surface area contributed by atoms with Crippen LogP contribution in [-0.4, -0.2) is 24.5 Å². The van der Waals surface area contributed by atoms with Crippen molar-refractivity contribution in [1.82, 2.24) is 0 Å². The molecule has 0 heterocycles. The normalized spacial score (nSPS) is 13.5. The van der Waals surface area contributed by atoms with Crippen LogP contribution < -0.4 is 9.47 Å². The van der Waals surface area contributed by atoms with E-state index in [1.54, 1.807) is 0 Å². The quantitative estimate of drug-likeness (QED) is 0.811. The van der Waals surface area contributed by atoms with E-state index in [0.717, 1.165) is 0 Å². The summed E-state index contributed by atoms with van der Waals surface area (Å²) >= 11 is 0. The third-order valence-electron chi connectivity index (χ3n) is 2.74. The van der Waals surface area contributed by atoms with Crippen LogP contribution in [0.1, 0.15) is 39.4 Å². The van der Waals surface area contributed by atoms with Crippen LogP contribution in [0.5, 0.6) is 11.5 Å². The zero-order chi connectivity index (χ0) is 16.9. The summed E-state index contributed by atoms with van der Waals surface area (Å²) in [5, 5.41) is 9.35. The first-order chi connectivity index (χ1) is 10.1. The van der Waals surface area contributed by atoms with Crippen molar-refractivity contribution in [3.8, 4) is 11.5 Å². The summed E-state index contributed by atoms with van der Waals surface area (Å²) < 4.78 is 48.9. The first-order valence-corrected chi connectivity index (χ1v) is 7.25. The Kier molecular flexibility index (Phi) is 6.53. The molecule has 0 bridgehead atoms. The van der Waals surface area contributed by atoms with Crippen LogP contribution in [0, 0.1) is 11.8 Å². The zero-order valence-electron chi connectivity index (χ0n) is 13.3. The summed E-state index contributed by atoms with van der Waals surface area (Å²) in [4.78, 5) is 0. The average Bonchev–Trinajstić information content (AvgIpc) is 2.41. The highest BCUT2D eigenvalue weighted by atomic mass is 19.4. The fourth-order valence-electron chi connectivity index (χ4n) is 1.63. The zero-order valence-corrected chi connectivity index (χ0v) is 13.3. The monoisotopic (exact) mass is 320 g/mol. The molecule has 1 aromatic rings. The molecule has 1 N–H and O–H groups in total. The lowest BCUT2D eigenvalue weighted by molar-refractivity contribution is -0.206. The smallest absolute Gasteiger partial charge is 0.418 e. The number of hydrogen-bond acceptors (Lipinski definition) is 3. The Morgan fingerprint density at radius 2 is 1.45 bits per heavy atom. The predicted octanol–water partition coefficient (Wildman–Crippen LogP) is 4.35. The summed E-state index contributed by atoms with van der Waals surface area (Å²) in [6, 6.07) is 3.80. The summed E-state index contributed by atoms with van der Waals surface area (Å²) in [6.07, 6.45) is -7.25. The van der Waals surface area contributed by atoms with Crippen LogP contribution in [0.25, 0.3) is 0 Å². The Bertz CT molecular complexity index is 470. The van der Waals surface area contributed by atoms with Crippen LogP contribution in [0.3, 0.4) is 0 Å². The maximum absolute atomic E-state index is 12.6. The molecule has 1 aromatic carbocycles. The molecule has 0 radical (unpaired) electrons. The number of aliphatic hydroxyl groups excluding tert-OH is 1. The molecule has 0 aromatic heterocycles. The van der Waals surface area contributed by atoms with E-state index in [0.29, 0.717) is 19.0 Å². The lowest BCUT2D eigenvalue weighted by Gasteiger charge is -2.19. The van der Waals surface area contributed by atoms with E-state index in [1.165, 1.54) is 18.2 Å². The van der Waals surface area contributed by atoms with Crippen molar-refractivity contribution < 1.29 is 27.8 Å². The fourth-order valence-corrected chi connectivity index (χ4v) is 1.63. The molecule has 126 valence electrons. The van der Waals surface area contributed by atoms with Crippen molar-refractivity contribution >= 4 is 0 Å². The number of benzene rings is 1. The van der Waals surface area contributed by atoms with Gasteiger partial charge in [0.2, 0.25) is 0 Å². The van der Waals surface area contributed by atoms with E-state index in [1.807, 2.05) is 27.7 Å². The van der Waals surface area contributed by atoms with Gasteiger partial charge in [0.25, 0.3) is 0 Å². The minimum atomic E-state index is -4.71. The minimum Gasteiger partial charge on any atom is -0.489 e. The number of rotatable bonds is 7. The second-order valence-electron chi connectivity index (χ2n) is 6.06. The first-order valence-electron chi connectivity index (χ1n) is 7.25. The Labute approximate surface area is 129 Å². The van der Waals surface area contributed by atoms with E-state index in [2.05, 4.69) is 0 Å². The van der Waals surface area contributed by atoms with Gasteiger partial charge in [-0.25, -0.2) is 0 Å². The van der Waals surface area contributed by atoms with E-state index >= 15 is 0 Å². The van der Waals surface area contributed by atoms with Crippen LogP contribution in [0.15, 0.2) is 18.2 Å². The predicted molar refractivity (Wildman–Crippen MR) is 78.1 cm³/mol. The maximum Gasteiger partial charge on any atom is 0.418 e. The highest BCUT2D eigenvalue weighted by Gasteiger charge is 2.39. The van der Waals surface area contributed by atoms with Crippen molar-refractivity contribution in [3.05, 3.63) is 23.8 Å². The van der Waals surface area contributed by atoms with Gasteiger partial charge >= 0.3 is 6.18 Å². The maximum atomic E-state index is 12.6. The summed E-state index contributed by atoms with van der Waals surface area (Å²) in [6.45, 7) is 8.59. The van der Waals surface area contributed by atoms with Crippen LogP contribution in [0.4, 0.5) is 13.2 Å². The van der Waals surface area contributed by atoms with Crippen LogP contribution >= 0.6 is 0 Å². The molecule has 1 rings (SSSR count). The van der Waals surface area contributed by atoms with E-state index < -0.39 is 12.3 Å². The van der Waals surface area contributed by atoms with Gasteiger partial charge < -0.3 is 14.6 Å². The third-order valence-corrected chi connectivity index (χ3v) is 2.74. The lowest BCUT2D eigenvalue weighted by Crippen LogP contribution is -2.20. The highest BCUT2D eigenvalue weighted by molar-refractivity contribution is 5.44. The first kappa shape index (κ1) is 18.6. The van der Waals surface area contributed by atoms with Gasteiger partial charge in [0.15, 0.2) is 17.6 Å². The topological polar surface area (TPSA) is 38.7 Å². The Morgan fingerprint density at radius 1 is 0.955 bits per heavy atom. The minimum absolute atomic E-state index is 0.217. The second kappa shape index (κ2) is 7.72. The third kappa shape index (κ3) is 5.75. The van der Waals surface area contributed by atoms with Crippen molar-refractivity contribution in [2.24, 2.45) is 11.8 Å². The van der Waals surface area contributed by atoms with Gasteiger partial charge in [0.05, 0.1) is 13.2 Å². The van der Waals surface area contributed by atoms with Gasteiger partial charge in [0, 0.05) is 0 Å². The molecular weight excluding hydrogens is 297 g/mol. The molecule has 0 amide bonds. The molecule has 22 heavy (non-hydrogen) atoms. The molecular formula is C16H23F3O3. The van der Waals surface area contributed by atoms with Gasteiger partial charge in [-0.05, 0) is 29.5 Å². The van der Waals surface area contributed by atoms with Crippen molar-refractivity contribution in [2.45, 2.75) is 40.0 Å². The SMILES string of the molecule is CC(C)COc1ccc(C(O)C(F)(F)F)cc1OCC(C)C. The molecule has 1 atom stereocenters. The number of aliphatic hydroxyl groups is 1. The van der Waals surface area contributed by atoms with Crippen molar-refractivity contribution in [3.63, 3.8) is 0 Å². The van der Waals surface area contributed by atoms with Crippen LogP contribution in [0.2, 0.25) is 0 Å². The lowest BCUT2D eigenvalue weighted by atomic mass is 10.1. The molecule has 0 aliphatic carbocycles. The second-order valence-corrected chi connectivity index (χ2v) is 6.06.